The van der Waals surface area contributed by atoms with Crippen molar-refractivity contribution in [1.82, 2.24) is 4.98 Å². The lowest BCUT2D eigenvalue weighted by Gasteiger charge is -1.97. The average molecular weight is 327 g/mol. The molecule has 5 heteroatoms. The molecular formula is C17H17N3S2. The summed E-state index contributed by atoms with van der Waals surface area (Å²) in [6, 6.07) is 12.6. The predicted octanol–water partition coefficient (Wildman–Crippen LogP) is 5.19. The molecule has 0 fully saturated rings. The third-order valence-electron chi connectivity index (χ3n) is 3.31. The molecular weight excluding hydrogens is 310 g/mol. The van der Waals surface area contributed by atoms with Crippen LogP contribution >= 0.6 is 22.7 Å². The van der Waals surface area contributed by atoms with Gasteiger partial charge in [-0.2, -0.15) is 5.10 Å². The van der Waals surface area contributed by atoms with Crippen LogP contribution in [0.25, 0.3) is 10.6 Å². The van der Waals surface area contributed by atoms with E-state index in [1.807, 2.05) is 12.3 Å². The van der Waals surface area contributed by atoms with E-state index in [4.69, 9.17) is 0 Å². The molecule has 2 heterocycles. The molecule has 0 unspecified atom stereocenters. The zero-order valence-electron chi connectivity index (χ0n) is 12.5. The summed E-state index contributed by atoms with van der Waals surface area (Å²) in [4.78, 5) is 7.01. The average Bonchev–Trinajstić information content (AvgIpc) is 3.17. The predicted molar refractivity (Wildman–Crippen MR) is 97.2 cm³/mol. The molecule has 0 spiro atoms. The van der Waals surface area contributed by atoms with Gasteiger partial charge < -0.3 is 0 Å². The van der Waals surface area contributed by atoms with Gasteiger partial charge in [-0.05, 0) is 35.9 Å². The summed E-state index contributed by atoms with van der Waals surface area (Å²) in [7, 11) is 0. The molecule has 22 heavy (non-hydrogen) atoms. The molecule has 0 saturated carbocycles. The molecule has 1 N–H and O–H groups in total. The Morgan fingerprint density at radius 2 is 2.05 bits per heavy atom. The Morgan fingerprint density at radius 1 is 1.23 bits per heavy atom. The highest BCUT2D eigenvalue weighted by Gasteiger charge is 2.09. The van der Waals surface area contributed by atoms with Crippen molar-refractivity contribution in [2.45, 2.75) is 20.3 Å². The van der Waals surface area contributed by atoms with Gasteiger partial charge in [0.05, 0.1) is 16.8 Å². The number of thiophene rings is 1. The largest absolute Gasteiger partial charge is 0.253 e. The third kappa shape index (κ3) is 3.43. The second kappa shape index (κ2) is 6.85. The van der Waals surface area contributed by atoms with Crippen molar-refractivity contribution in [3.05, 3.63) is 57.8 Å². The van der Waals surface area contributed by atoms with Crippen LogP contribution in [0.2, 0.25) is 0 Å². The molecule has 0 aliphatic carbocycles. The molecule has 3 rings (SSSR count). The van der Waals surface area contributed by atoms with Crippen LogP contribution < -0.4 is 5.43 Å². The lowest BCUT2D eigenvalue weighted by atomic mass is 10.1. The minimum absolute atomic E-state index is 0.822. The van der Waals surface area contributed by atoms with Crippen LogP contribution in [-0.4, -0.2) is 11.2 Å². The molecule has 1 aromatic carbocycles. The van der Waals surface area contributed by atoms with Crippen molar-refractivity contribution in [3.8, 4) is 10.6 Å². The van der Waals surface area contributed by atoms with Gasteiger partial charge >= 0.3 is 0 Å². The normalized spacial score (nSPS) is 11.2. The minimum atomic E-state index is 0.822. The quantitative estimate of drug-likeness (QED) is 0.517. The van der Waals surface area contributed by atoms with Crippen LogP contribution in [0.3, 0.4) is 0 Å². The second-order valence-electron chi connectivity index (χ2n) is 4.87. The zero-order chi connectivity index (χ0) is 15.4. The summed E-state index contributed by atoms with van der Waals surface area (Å²) in [5.74, 6) is 0. The Labute approximate surface area is 138 Å². The standard InChI is InChI=1S/C17H17N3S2/c1-3-13-6-8-14(9-7-13)11-18-20-17-19-16(12(2)22-17)15-5-4-10-21-15/h4-11H,3H2,1-2H3,(H,19,20)/b18-11-. The highest BCUT2D eigenvalue weighted by Crippen LogP contribution is 2.32. The maximum atomic E-state index is 4.61. The number of hydrazone groups is 1. The van der Waals surface area contributed by atoms with Crippen molar-refractivity contribution >= 4 is 34.0 Å². The topological polar surface area (TPSA) is 37.3 Å². The molecule has 0 atom stereocenters. The smallest absolute Gasteiger partial charge is 0.204 e. The molecule has 0 aliphatic rings. The van der Waals surface area contributed by atoms with Crippen molar-refractivity contribution in [2.24, 2.45) is 5.10 Å². The van der Waals surface area contributed by atoms with Gasteiger partial charge in [-0.15, -0.1) is 22.7 Å². The summed E-state index contributed by atoms with van der Waals surface area (Å²) in [5, 5.41) is 7.17. The van der Waals surface area contributed by atoms with E-state index < -0.39 is 0 Å². The summed E-state index contributed by atoms with van der Waals surface area (Å²) in [6.07, 6.45) is 2.88. The van der Waals surface area contributed by atoms with Crippen molar-refractivity contribution < 1.29 is 0 Å². The maximum Gasteiger partial charge on any atom is 0.204 e. The van der Waals surface area contributed by atoms with Gasteiger partial charge in [-0.1, -0.05) is 37.3 Å². The van der Waals surface area contributed by atoms with E-state index in [1.165, 1.54) is 15.3 Å². The van der Waals surface area contributed by atoms with Gasteiger partial charge in [0.2, 0.25) is 5.13 Å². The number of rotatable bonds is 5. The SMILES string of the molecule is CCc1ccc(/C=N\Nc2nc(-c3cccs3)c(C)s2)cc1. The Hall–Kier alpha value is -1.98. The fraction of sp³-hybridized carbons (Fsp3) is 0.176. The number of aryl methyl sites for hydroxylation is 2. The fourth-order valence-electron chi connectivity index (χ4n) is 2.09. The van der Waals surface area contributed by atoms with Gasteiger partial charge in [-0.25, -0.2) is 4.98 Å². The summed E-state index contributed by atoms with van der Waals surface area (Å²) < 4.78 is 0. The number of hydrogen-bond acceptors (Lipinski definition) is 5. The Morgan fingerprint density at radius 3 is 2.73 bits per heavy atom. The first-order valence-electron chi connectivity index (χ1n) is 7.15. The van der Waals surface area contributed by atoms with E-state index >= 15 is 0 Å². The first kappa shape index (κ1) is 14.9. The molecule has 0 aliphatic heterocycles. The molecule has 2 aromatic heterocycles. The van der Waals surface area contributed by atoms with Crippen LogP contribution in [0.4, 0.5) is 5.13 Å². The van der Waals surface area contributed by atoms with E-state index in [0.29, 0.717) is 0 Å². The number of anilines is 1. The number of thiazole rings is 1. The zero-order valence-corrected chi connectivity index (χ0v) is 14.2. The van der Waals surface area contributed by atoms with E-state index in [-0.39, 0.29) is 0 Å². The van der Waals surface area contributed by atoms with Gasteiger partial charge in [0.25, 0.3) is 0 Å². The van der Waals surface area contributed by atoms with Gasteiger partial charge in [-0.3, -0.25) is 5.43 Å². The van der Waals surface area contributed by atoms with E-state index in [0.717, 1.165) is 22.8 Å². The fourth-order valence-corrected chi connectivity index (χ4v) is 3.70. The maximum absolute atomic E-state index is 4.61. The lowest BCUT2D eigenvalue weighted by molar-refractivity contribution is 1.14. The number of nitrogens with one attached hydrogen (secondary N) is 1. The minimum Gasteiger partial charge on any atom is -0.253 e. The van der Waals surface area contributed by atoms with Crippen LogP contribution in [0.15, 0.2) is 46.9 Å². The lowest BCUT2D eigenvalue weighted by Crippen LogP contribution is -1.90. The van der Waals surface area contributed by atoms with E-state index in [2.05, 4.69) is 65.1 Å². The van der Waals surface area contributed by atoms with Crippen molar-refractivity contribution in [1.29, 1.82) is 0 Å². The number of hydrogen-bond donors (Lipinski definition) is 1. The van der Waals surface area contributed by atoms with Gasteiger partial charge in [0.15, 0.2) is 0 Å². The monoisotopic (exact) mass is 327 g/mol. The van der Waals surface area contributed by atoms with Gasteiger partial charge in [0.1, 0.15) is 0 Å². The Balaban J connectivity index is 1.68. The summed E-state index contributed by atoms with van der Waals surface area (Å²) in [5.41, 5.74) is 6.49. The highest BCUT2D eigenvalue weighted by atomic mass is 32.1. The summed E-state index contributed by atoms with van der Waals surface area (Å²) >= 11 is 3.33. The molecule has 0 amide bonds. The molecule has 0 radical (unpaired) electrons. The van der Waals surface area contributed by atoms with Crippen LogP contribution in [0.1, 0.15) is 22.9 Å². The highest BCUT2D eigenvalue weighted by molar-refractivity contribution is 7.17. The second-order valence-corrected chi connectivity index (χ2v) is 7.02. The van der Waals surface area contributed by atoms with Crippen LogP contribution in [-0.2, 0) is 6.42 Å². The third-order valence-corrected chi connectivity index (χ3v) is 5.06. The molecule has 0 bridgehead atoms. The molecule has 112 valence electrons. The first-order chi connectivity index (χ1) is 10.8. The van der Waals surface area contributed by atoms with E-state index in [9.17, 15) is 0 Å². The van der Waals surface area contributed by atoms with Crippen molar-refractivity contribution in [2.75, 3.05) is 5.43 Å². The number of aromatic nitrogens is 1. The Kier molecular flexibility index (Phi) is 4.65. The van der Waals surface area contributed by atoms with Gasteiger partial charge in [0, 0.05) is 4.88 Å². The summed E-state index contributed by atoms with van der Waals surface area (Å²) in [6.45, 7) is 4.24. The number of nitrogens with zero attached hydrogens (tertiary/aromatic N) is 2. The first-order valence-corrected chi connectivity index (χ1v) is 8.85. The van der Waals surface area contributed by atoms with E-state index in [1.54, 1.807) is 22.7 Å². The van der Waals surface area contributed by atoms with Crippen LogP contribution in [0, 0.1) is 6.92 Å². The number of benzene rings is 1. The van der Waals surface area contributed by atoms with Crippen LogP contribution in [0.5, 0.6) is 0 Å². The Bertz CT molecular complexity index is 756. The van der Waals surface area contributed by atoms with Crippen molar-refractivity contribution in [3.63, 3.8) is 0 Å². The molecule has 3 nitrogen and oxygen atoms in total. The molecule has 0 saturated heterocycles. The molecule has 3 aromatic rings.